The van der Waals surface area contributed by atoms with Gasteiger partial charge in [-0.3, -0.25) is 4.79 Å². The third-order valence-electron chi connectivity index (χ3n) is 4.57. The summed E-state index contributed by atoms with van der Waals surface area (Å²) in [6, 6.07) is 15.7. The zero-order valence-electron chi connectivity index (χ0n) is 15.7. The lowest BCUT2D eigenvalue weighted by Crippen LogP contribution is -2.50. The molecule has 1 fully saturated rings. The van der Waals surface area contributed by atoms with Gasteiger partial charge in [-0.2, -0.15) is 0 Å². The van der Waals surface area contributed by atoms with Gasteiger partial charge in [0.15, 0.2) is 0 Å². The van der Waals surface area contributed by atoms with E-state index in [1.54, 1.807) is 11.8 Å². The van der Waals surface area contributed by atoms with Crippen molar-refractivity contribution in [3.05, 3.63) is 53.6 Å². The normalized spacial score (nSPS) is 15.5. The van der Waals surface area contributed by atoms with E-state index in [1.165, 1.54) is 0 Å². The van der Waals surface area contributed by atoms with Gasteiger partial charge >= 0.3 is 0 Å². The molecule has 0 unspecified atom stereocenters. The van der Waals surface area contributed by atoms with Crippen LogP contribution >= 0.6 is 23.4 Å². The molecule has 2 aromatic carbocycles. The van der Waals surface area contributed by atoms with Gasteiger partial charge in [0.2, 0.25) is 5.91 Å². The number of amides is 1. The summed E-state index contributed by atoms with van der Waals surface area (Å²) < 4.78 is 5.74. The largest absolute Gasteiger partial charge is 0.492 e. The van der Waals surface area contributed by atoms with E-state index in [2.05, 4.69) is 11.0 Å². The van der Waals surface area contributed by atoms with E-state index in [4.69, 9.17) is 16.3 Å². The Balaban J connectivity index is 1.57. The summed E-state index contributed by atoms with van der Waals surface area (Å²) in [6.07, 6.45) is 0. The molecule has 0 bridgehead atoms. The van der Waals surface area contributed by atoms with Gasteiger partial charge in [0, 0.05) is 36.1 Å². The first-order chi connectivity index (χ1) is 13.1. The average molecular weight is 405 g/mol. The molecule has 1 amide bonds. The molecule has 0 N–H and O–H groups in total. The van der Waals surface area contributed by atoms with Crippen LogP contribution in [0.3, 0.4) is 0 Å². The second-order valence-corrected chi connectivity index (χ2v) is 8.28. The molecule has 1 atom stereocenters. The Kier molecular flexibility index (Phi) is 6.91. The average Bonchev–Trinajstić information content (AvgIpc) is 2.70. The number of anilines is 1. The highest BCUT2D eigenvalue weighted by Crippen LogP contribution is 2.30. The van der Waals surface area contributed by atoms with E-state index in [-0.39, 0.29) is 11.2 Å². The van der Waals surface area contributed by atoms with Crippen molar-refractivity contribution in [3.63, 3.8) is 0 Å². The fourth-order valence-electron chi connectivity index (χ4n) is 3.19. The topological polar surface area (TPSA) is 32.8 Å². The molecule has 2 aromatic rings. The predicted molar refractivity (Wildman–Crippen MR) is 113 cm³/mol. The van der Waals surface area contributed by atoms with E-state index in [1.807, 2.05) is 61.2 Å². The maximum atomic E-state index is 12.8. The SMILES string of the molecule is CCOc1ccccc1N1CCN(C(=O)[C@H](C)Sc2ccc(Cl)cc2)CC1. The molecule has 4 nitrogen and oxygen atoms in total. The summed E-state index contributed by atoms with van der Waals surface area (Å²) in [4.78, 5) is 18.1. The third kappa shape index (κ3) is 5.11. The standard InChI is InChI=1S/C21H25ClN2O2S/c1-3-26-20-7-5-4-6-19(20)23-12-14-24(15-13-23)21(25)16(2)27-18-10-8-17(22)9-11-18/h4-11,16H,3,12-15H2,1-2H3/t16-/m0/s1. The molecule has 1 aliphatic heterocycles. The molecule has 0 aromatic heterocycles. The minimum atomic E-state index is -0.117. The Labute approximate surface area is 170 Å². The molecule has 27 heavy (non-hydrogen) atoms. The van der Waals surface area contributed by atoms with Crippen molar-refractivity contribution in [3.8, 4) is 5.75 Å². The maximum Gasteiger partial charge on any atom is 0.235 e. The fourth-order valence-corrected chi connectivity index (χ4v) is 4.27. The van der Waals surface area contributed by atoms with E-state index in [0.29, 0.717) is 11.6 Å². The summed E-state index contributed by atoms with van der Waals surface area (Å²) in [5, 5.41) is 0.593. The lowest BCUT2D eigenvalue weighted by molar-refractivity contribution is -0.130. The fraction of sp³-hybridized carbons (Fsp3) is 0.381. The number of carbonyl (C=O) groups is 1. The van der Waals surface area contributed by atoms with Crippen molar-refractivity contribution in [1.29, 1.82) is 0 Å². The van der Waals surface area contributed by atoms with Crippen LogP contribution in [-0.2, 0) is 4.79 Å². The molecule has 1 aliphatic rings. The van der Waals surface area contributed by atoms with Crippen LogP contribution in [-0.4, -0.2) is 48.8 Å². The molecule has 144 valence electrons. The zero-order chi connectivity index (χ0) is 19.2. The van der Waals surface area contributed by atoms with Crippen LogP contribution in [0, 0.1) is 0 Å². The molecule has 0 spiro atoms. The molecule has 0 saturated carbocycles. The van der Waals surface area contributed by atoms with Gasteiger partial charge in [-0.05, 0) is 50.2 Å². The van der Waals surface area contributed by atoms with Gasteiger partial charge < -0.3 is 14.5 Å². The molecule has 1 saturated heterocycles. The Morgan fingerprint density at radius 1 is 1.11 bits per heavy atom. The van der Waals surface area contributed by atoms with Crippen LogP contribution in [0.1, 0.15) is 13.8 Å². The Morgan fingerprint density at radius 3 is 2.44 bits per heavy atom. The van der Waals surface area contributed by atoms with Crippen LogP contribution in [0.25, 0.3) is 0 Å². The molecule has 0 aliphatic carbocycles. The quantitative estimate of drug-likeness (QED) is 0.660. The molecule has 6 heteroatoms. The summed E-state index contributed by atoms with van der Waals surface area (Å²) in [7, 11) is 0. The number of thioether (sulfide) groups is 1. The van der Waals surface area contributed by atoms with Crippen molar-refractivity contribution in [1.82, 2.24) is 4.90 Å². The number of hydrogen-bond donors (Lipinski definition) is 0. The number of ether oxygens (including phenoxy) is 1. The minimum absolute atomic E-state index is 0.117. The second-order valence-electron chi connectivity index (χ2n) is 6.43. The number of rotatable bonds is 6. The highest BCUT2D eigenvalue weighted by molar-refractivity contribution is 8.00. The van der Waals surface area contributed by atoms with Crippen LogP contribution in [0.5, 0.6) is 5.75 Å². The first-order valence-electron chi connectivity index (χ1n) is 9.26. The number of benzene rings is 2. The highest BCUT2D eigenvalue weighted by atomic mass is 35.5. The van der Waals surface area contributed by atoms with Crippen LogP contribution < -0.4 is 9.64 Å². The van der Waals surface area contributed by atoms with Gasteiger partial charge in [0.1, 0.15) is 5.75 Å². The molecular formula is C21H25ClN2O2S. The number of hydrogen-bond acceptors (Lipinski definition) is 4. The second kappa shape index (κ2) is 9.38. The first-order valence-corrected chi connectivity index (χ1v) is 10.5. The molecular weight excluding hydrogens is 380 g/mol. The predicted octanol–water partition coefficient (Wildman–Crippen LogP) is 4.57. The third-order valence-corrected chi connectivity index (χ3v) is 5.92. The summed E-state index contributed by atoms with van der Waals surface area (Å²) >= 11 is 7.51. The van der Waals surface area contributed by atoms with Crippen molar-refractivity contribution < 1.29 is 9.53 Å². The first kappa shape index (κ1) is 19.9. The van der Waals surface area contributed by atoms with Gasteiger partial charge in [0.25, 0.3) is 0 Å². The van der Waals surface area contributed by atoms with Crippen molar-refractivity contribution >= 4 is 35.0 Å². The summed E-state index contributed by atoms with van der Waals surface area (Å²) in [5.74, 6) is 1.10. The number of carbonyl (C=O) groups excluding carboxylic acids is 1. The molecule has 1 heterocycles. The van der Waals surface area contributed by atoms with Gasteiger partial charge in [-0.1, -0.05) is 23.7 Å². The Morgan fingerprint density at radius 2 is 1.78 bits per heavy atom. The van der Waals surface area contributed by atoms with Crippen molar-refractivity contribution in [2.24, 2.45) is 0 Å². The zero-order valence-corrected chi connectivity index (χ0v) is 17.3. The van der Waals surface area contributed by atoms with Crippen LogP contribution in [0.2, 0.25) is 5.02 Å². The maximum absolute atomic E-state index is 12.8. The van der Waals surface area contributed by atoms with Crippen molar-refractivity contribution in [2.75, 3.05) is 37.7 Å². The number of piperazine rings is 1. The lowest BCUT2D eigenvalue weighted by Gasteiger charge is -2.37. The van der Waals surface area contributed by atoms with Crippen molar-refractivity contribution in [2.45, 2.75) is 24.0 Å². The number of halogens is 1. The van der Waals surface area contributed by atoms with Gasteiger partial charge in [0.05, 0.1) is 17.5 Å². The van der Waals surface area contributed by atoms with E-state index >= 15 is 0 Å². The Bertz CT molecular complexity index is 761. The molecule has 3 rings (SSSR count). The van der Waals surface area contributed by atoms with Gasteiger partial charge in [-0.15, -0.1) is 11.8 Å². The van der Waals surface area contributed by atoms with E-state index < -0.39 is 0 Å². The number of para-hydroxylation sites is 2. The van der Waals surface area contributed by atoms with Crippen LogP contribution in [0.4, 0.5) is 5.69 Å². The van der Waals surface area contributed by atoms with Crippen LogP contribution in [0.15, 0.2) is 53.4 Å². The monoisotopic (exact) mass is 404 g/mol. The van der Waals surface area contributed by atoms with Gasteiger partial charge in [-0.25, -0.2) is 0 Å². The minimum Gasteiger partial charge on any atom is -0.492 e. The molecule has 0 radical (unpaired) electrons. The Hall–Kier alpha value is -1.85. The van der Waals surface area contributed by atoms with E-state index in [0.717, 1.165) is 42.5 Å². The smallest absolute Gasteiger partial charge is 0.235 e. The summed E-state index contributed by atoms with van der Waals surface area (Å²) in [6.45, 7) is 7.69. The summed E-state index contributed by atoms with van der Waals surface area (Å²) in [5.41, 5.74) is 1.11. The number of nitrogens with zero attached hydrogens (tertiary/aromatic N) is 2. The lowest BCUT2D eigenvalue weighted by atomic mass is 10.2. The van der Waals surface area contributed by atoms with E-state index in [9.17, 15) is 4.79 Å². The highest BCUT2D eigenvalue weighted by Gasteiger charge is 2.26.